The van der Waals surface area contributed by atoms with Gasteiger partial charge in [0, 0.05) is 13.1 Å². The molecule has 2 aromatic carbocycles. The number of fused-ring (bicyclic) bond motifs is 1. The van der Waals surface area contributed by atoms with Crippen molar-refractivity contribution in [1.29, 1.82) is 0 Å². The second-order valence-corrected chi connectivity index (χ2v) is 9.99. The maximum absolute atomic E-state index is 13.1. The summed E-state index contributed by atoms with van der Waals surface area (Å²) in [7, 11) is -3.57. The molecule has 5 nitrogen and oxygen atoms in total. The Bertz CT molecular complexity index is 991. The summed E-state index contributed by atoms with van der Waals surface area (Å²) in [5.74, 6) is 1.44. The Morgan fingerprint density at radius 2 is 1.35 bits per heavy atom. The van der Waals surface area contributed by atoms with Gasteiger partial charge in [-0.25, -0.2) is 8.42 Å². The molecular weight excluding hydrogens is 431 g/mol. The van der Waals surface area contributed by atoms with Gasteiger partial charge in [0.15, 0.2) is 0 Å². The van der Waals surface area contributed by atoms with Gasteiger partial charge in [0.1, 0.15) is 17.2 Å². The fourth-order valence-electron chi connectivity index (χ4n) is 4.46. The number of rotatable bonds is 5. The summed E-state index contributed by atoms with van der Waals surface area (Å²) in [6, 6.07) is 11.1. The Balaban J connectivity index is 1.40. The van der Waals surface area contributed by atoms with E-state index in [0.717, 1.165) is 25.0 Å². The normalized spacial score (nSPS) is 22.5. The van der Waals surface area contributed by atoms with Crippen molar-refractivity contribution in [3.8, 4) is 17.2 Å². The third kappa shape index (κ3) is 5.33. The summed E-state index contributed by atoms with van der Waals surface area (Å²) >= 11 is 0. The van der Waals surface area contributed by atoms with Gasteiger partial charge in [0.2, 0.25) is 10.0 Å². The topological polar surface area (TPSA) is 55.8 Å². The maximum Gasteiger partial charge on any atom is 0.573 e. The van der Waals surface area contributed by atoms with Gasteiger partial charge < -0.3 is 9.47 Å². The van der Waals surface area contributed by atoms with E-state index in [1.807, 2.05) is 0 Å². The van der Waals surface area contributed by atoms with Gasteiger partial charge in [0.05, 0.1) is 4.90 Å². The average molecular weight is 455 g/mol. The summed E-state index contributed by atoms with van der Waals surface area (Å²) in [4.78, 5) is 0.211. The molecule has 1 aliphatic heterocycles. The number of piperidine rings is 1. The lowest BCUT2D eigenvalue weighted by atomic mass is 9.76. The smallest absolute Gasteiger partial charge is 0.457 e. The lowest BCUT2D eigenvalue weighted by Gasteiger charge is -2.40. The van der Waals surface area contributed by atoms with Crippen LogP contribution in [0.4, 0.5) is 13.2 Å². The number of sulfonamides is 1. The first kappa shape index (κ1) is 22.0. The van der Waals surface area contributed by atoms with E-state index in [2.05, 4.69) is 4.74 Å². The van der Waals surface area contributed by atoms with E-state index < -0.39 is 16.4 Å². The average Bonchev–Trinajstić information content (AvgIpc) is 2.74. The highest BCUT2D eigenvalue weighted by atomic mass is 32.2. The lowest BCUT2D eigenvalue weighted by Crippen LogP contribution is -2.44. The van der Waals surface area contributed by atoms with Crippen LogP contribution in [0.1, 0.15) is 32.1 Å². The van der Waals surface area contributed by atoms with Gasteiger partial charge >= 0.3 is 6.36 Å². The highest BCUT2D eigenvalue weighted by Crippen LogP contribution is 2.38. The largest absolute Gasteiger partial charge is 0.573 e. The molecule has 168 valence electrons. The van der Waals surface area contributed by atoms with Crippen molar-refractivity contribution in [2.75, 3.05) is 13.1 Å². The summed E-state index contributed by atoms with van der Waals surface area (Å²) in [5.41, 5.74) is 0. The molecule has 1 aliphatic carbocycles. The minimum Gasteiger partial charge on any atom is -0.457 e. The van der Waals surface area contributed by atoms with Crippen molar-refractivity contribution < 1.29 is 31.1 Å². The van der Waals surface area contributed by atoms with E-state index in [9.17, 15) is 21.6 Å². The van der Waals surface area contributed by atoms with Crippen LogP contribution in [0.25, 0.3) is 0 Å². The van der Waals surface area contributed by atoms with Gasteiger partial charge in [-0.05, 0) is 73.2 Å². The number of benzene rings is 2. The van der Waals surface area contributed by atoms with E-state index in [4.69, 9.17) is 4.74 Å². The van der Waals surface area contributed by atoms with Gasteiger partial charge in [-0.2, -0.15) is 4.31 Å². The number of alkyl halides is 3. The van der Waals surface area contributed by atoms with Crippen molar-refractivity contribution in [2.24, 2.45) is 11.8 Å². The lowest BCUT2D eigenvalue weighted by molar-refractivity contribution is -0.274. The predicted molar refractivity (Wildman–Crippen MR) is 108 cm³/mol. The predicted octanol–water partition coefficient (Wildman–Crippen LogP) is 5.58. The minimum absolute atomic E-state index is 0.211. The van der Waals surface area contributed by atoms with Crippen molar-refractivity contribution in [3.05, 3.63) is 48.5 Å². The summed E-state index contributed by atoms with van der Waals surface area (Å²) < 4.78 is 73.8. The standard InChI is InChI=1S/C22H24F3NO4S/c23-22(24,25)30-20-7-5-18(6-8-20)29-19-9-11-21(12-10-19)31(27,28)26-14-13-16-3-1-2-4-17(16)15-26/h5-12,16-17H,1-4,13-15H2. The Kier molecular flexibility index (Phi) is 6.16. The first-order chi connectivity index (χ1) is 14.7. The van der Waals surface area contributed by atoms with Crippen molar-refractivity contribution in [2.45, 2.75) is 43.4 Å². The molecular formula is C22H24F3NO4S. The van der Waals surface area contributed by atoms with Gasteiger partial charge in [-0.3, -0.25) is 0 Å². The van der Waals surface area contributed by atoms with E-state index in [1.54, 1.807) is 16.4 Å². The maximum atomic E-state index is 13.1. The Labute approximate surface area is 179 Å². The van der Waals surface area contributed by atoms with Crippen LogP contribution in [0.5, 0.6) is 17.2 Å². The van der Waals surface area contributed by atoms with Gasteiger partial charge in [0.25, 0.3) is 0 Å². The van der Waals surface area contributed by atoms with Crippen LogP contribution in [0, 0.1) is 11.8 Å². The van der Waals surface area contributed by atoms with Crippen molar-refractivity contribution in [1.82, 2.24) is 4.31 Å². The van der Waals surface area contributed by atoms with Gasteiger partial charge in [-0.15, -0.1) is 13.2 Å². The van der Waals surface area contributed by atoms with Crippen molar-refractivity contribution in [3.63, 3.8) is 0 Å². The molecule has 2 atom stereocenters. The number of hydrogen-bond donors (Lipinski definition) is 0. The second-order valence-electron chi connectivity index (χ2n) is 8.05. The quantitative estimate of drug-likeness (QED) is 0.591. The molecule has 2 fully saturated rings. The zero-order valence-corrected chi connectivity index (χ0v) is 17.7. The van der Waals surface area contributed by atoms with Crippen LogP contribution in [0.15, 0.2) is 53.4 Å². The monoisotopic (exact) mass is 455 g/mol. The van der Waals surface area contributed by atoms with Crippen molar-refractivity contribution >= 4 is 10.0 Å². The molecule has 0 amide bonds. The Morgan fingerprint density at radius 1 is 0.806 bits per heavy atom. The molecule has 0 N–H and O–H groups in total. The molecule has 2 aliphatic rings. The van der Waals surface area contributed by atoms with Crippen LogP contribution in [0.2, 0.25) is 0 Å². The zero-order valence-electron chi connectivity index (χ0n) is 16.8. The highest BCUT2D eigenvalue weighted by Gasteiger charge is 2.36. The minimum atomic E-state index is -4.75. The first-order valence-electron chi connectivity index (χ1n) is 10.3. The third-order valence-corrected chi connectivity index (χ3v) is 7.89. The molecule has 2 aromatic rings. The van der Waals surface area contributed by atoms with Crippen LogP contribution < -0.4 is 9.47 Å². The van der Waals surface area contributed by atoms with E-state index in [0.29, 0.717) is 36.4 Å². The number of nitrogens with zero attached hydrogens (tertiary/aromatic N) is 1. The number of hydrogen-bond acceptors (Lipinski definition) is 4. The SMILES string of the molecule is O=S(=O)(c1ccc(Oc2ccc(OC(F)(F)F)cc2)cc1)N1CCC2CCCCC2C1. The summed E-state index contributed by atoms with van der Waals surface area (Å²) in [5, 5.41) is 0. The molecule has 1 heterocycles. The molecule has 0 aromatic heterocycles. The van der Waals surface area contributed by atoms with Crippen LogP contribution >= 0.6 is 0 Å². The second kappa shape index (κ2) is 8.70. The van der Waals surface area contributed by atoms with Gasteiger partial charge in [-0.1, -0.05) is 19.3 Å². The number of ether oxygens (including phenoxy) is 2. The number of halogens is 3. The van der Waals surface area contributed by atoms with Crippen LogP contribution in [-0.4, -0.2) is 32.2 Å². The van der Waals surface area contributed by atoms with E-state index >= 15 is 0 Å². The molecule has 4 rings (SSSR count). The molecule has 0 spiro atoms. The van der Waals surface area contributed by atoms with Crippen LogP contribution in [0.3, 0.4) is 0 Å². The molecule has 31 heavy (non-hydrogen) atoms. The fraction of sp³-hybridized carbons (Fsp3) is 0.455. The Morgan fingerprint density at radius 3 is 1.97 bits per heavy atom. The summed E-state index contributed by atoms with van der Waals surface area (Å²) in [6.07, 6.45) is 0.872. The molecule has 1 saturated carbocycles. The molecule has 2 unspecified atom stereocenters. The molecule has 9 heteroatoms. The highest BCUT2D eigenvalue weighted by molar-refractivity contribution is 7.89. The molecule has 1 saturated heterocycles. The molecule has 0 radical (unpaired) electrons. The Hall–Kier alpha value is -2.26. The first-order valence-corrected chi connectivity index (χ1v) is 11.8. The van der Waals surface area contributed by atoms with Crippen LogP contribution in [-0.2, 0) is 10.0 Å². The summed E-state index contributed by atoms with van der Waals surface area (Å²) in [6.45, 7) is 1.13. The zero-order chi connectivity index (χ0) is 22.1. The third-order valence-electron chi connectivity index (χ3n) is 6.01. The van der Waals surface area contributed by atoms with E-state index in [-0.39, 0.29) is 10.6 Å². The molecule has 0 bridgehead atoms. The van der Waals surface area contributed by atoms with E-state index in [1.165, 1.54) is 43.5 Å². The fourth-order valence-corrected chi connectivity index (χ4v) is 5.97.